The molecule has 1 atom stereocenters. The van der Waals surface area contributed by atoms with Crippen LogP contribution in [0.1, 0.15) is 23.7 Å². The molecule has 1 aliphatic rings. The summed E-state index contributed by atoms with van der Waals surface area (Å²) in [6.45, 7) is 3.24. The van der Waals surface area contributed by atoms with Gasteiger partial charge in [0.15, 0.2) is 5.82 Å². The molecule has 1 aromatic heterocycles. The molecule has 1 aromatic carbocycles. The molecule has 132 valence electrons. The van der Waals surface area contributed by atoms with E-state index in [0.717, 1.165) is 16.8 Å². The zero-order chi connectivity index (χ0) is 18.0. The van der Waals surface area contributed by atoms with Crippen molar-refractivity contribution in [2.24, 2.45) is 5.92 Å². The highest BCUT2D eigenvalue weighted by Gasteiger charge is 2.29. The van der Waals surface area contributed by atoms with Gasteiger partial charge in [-0.3, -0.25) is 4.79 Å². The van der Waals surface area contributed by atoms with Crippen molar-refractivity contribution < 1.29 is 23.1 Å². The Labute approximate surface area is 143 Å². The maximum absolute atomic E-state index is 13.8. The fourth-order valence-corrected chi connectivity index (χ4v) is 2.78. The van der Waals surface area contributed by atoms with E-state index in [4.69, 9.17) is 4.74 Å². The third kappa shape index (κ3) is 3.67. The summed E-state index contributed by atoms with van der Waals surface area (Å²) >= 11 is 0. The summed E-state index contributed by atoms with van der Waals surface area (Å²) in [5.74, 6) is -2.05. The van der Waals surface area contributed by atoms with E-state index in [9.17, 15) is 18.4 Å². The van der Waals surface area contributed by atoms with Gasteiger partial charge in [0.2, 0.25) is 5.91 Å². The summed E-state index contributed by atoms with van der Waals surface area (Å²) in [7, 11) is 0. The zero-order valence-electron chi connectivity index (χ0n) is 13.6. The first-order valence-electron chi connectivity index (χ1n) is 7.93. The number of halogens is 2. The Balaban J connectivity index is 1.62. The number of esters is 1. The molecule has 0 aliphatic carbocycles. The lowest BCUT2D eigenvalue weighted by Gasteiger charge is -2.13. The van der Waals surface area contributed by atoms with Crippen molar-refractivity contribution in [2.75, 3.05) is 19.7 Å². The Morgan fingerprint density at radius 2 is 2.20 bits per heavy atom. The molecular formula is C17H17F2N3O3. The molecular weight excluding hydrogens is 332 g/mol. The summed E-state index contributed by atoms with van der Waals surface area (Å²) in [4.78, 5) is 25.5. The van der Waals surface area contributed by atoms with Crippen LogP contribution in [0, 0.1) is 17.6 Å². The molecule has 1 fully saturated rings. The lowest BCUT2D eigenvalue weighted by atomic mass is 10.1. The van der Waals surface area contributed by atoms with Gasteiger partial charge in [-0.25, -0.2) is 18.3 Å². The number of benzene rings is 1. The molecule has 1 aliphatic heterocycles. The van der Waals surface area contributed by atoms with Crippen LogP contribution in [0.5, 0.6) is 0 Å². The third-order valence-electron chi connectivity index (χ3n) is 4.10. The molecule has 25 heavy (non-hydrogen) atoms. The van der Waals surface area contributed by atoms with Crippen molar-refractivity contribution in [1.82, 2.24) is 14.7 Å². The maximum Gasteiger partial charge on any atom is 0.341 e. The van der Waals surface area contributed by atoms with Gasteiger partial charge in [0.1, 0.15) is 11.5 Å². The number of carbonyl (C=O) groups excluding carboxylic acids is 2. The number of aromatic nitrogens is 2. The number of hydrogen-bond acceptors (Lipinski definition) is 4. The molecule has 6 nitrogen and oxygen atoms in total. The van der Waals surface area contributed by atoms with Gasteiger partial charge in [0.25, 0.3) is 0 Å². The Kier molecular flexibility index (Phi) is 4.78. The fraction of sp³-hybridized carbons (Fsp3) is 0.353. The summed E-state index contributed by atoms with van der Waals surface area (Å²) < 4.78 is 33.1. The van der Waals surface area contributed by atoms with E-state index < -0.39 is 17.6 Å². The zero-order valence-corrected chi connectivity index (χ0v) is 13.6. The average molecular weight is 349 g/mol. The second kappa shape index (κ2) is 7.00. The van der Waals surface area contributed by atoms with Gasteiger partial charge < -0.3 is 9.64 Å². The Bertz CT molecular complexity index is 806. The van der Waals surface area contributed by atoms with Crippen LogP contribution in [0.25, 0.3) is 5.69 Å². The SMILES string of the molecule is CCN1CC(COC(=O)c2cnn(-c3ccc(F)cc3F)c2)CC1=O. The molecule has 0 radical (unpaired) electrons. The lowest BCUT2D eigenvalue weighted by Crippen LogP contribution is -2.25. The van der Waals surface area contributed by atoms with Gasteiger partial charge in [-0.05, 0) is 19.1 Å². The van der Waals surface area contributed by atoms with Gasteiger partial charge in [0.05, 0.1) is 18.4 Å². The highest BCUT2D eigenvalue weighted by Crippen LogP contribution is 2.19. The highest BCUT2D eigenvalue weighted by atomic mass is 19.1. The van der Waals surface area contributed by atoms with Gasteiger partial charge >= 0.3 is 5.97 Å². The second-order valence-electron chi connectivity index (χ2n) is 5.87. The summed E-state index contributed by atoms with van der Waals surface area (Å²) in [5.41, 5.74) is 0.181. The quantitative estimate of drug-likeness (QED) is 0.776. The minimum atomic E-state index is -0.785. The van der Waals surface area contributed by atoms with E-state index in [1.807, 2.05) is 6.92 Å². The predicted molar refractivity (Wildman–Crippen MR) is 84.1 cm³/mol. The first-order valence-corrected chi connectivity index (χ1v) is 7.93. The van der Waals surface area contributed by atoms with Crippen LogP contribution < -0.4 is 0 Å². The summed E-state index contributed by atoms with van der Waals surface area (Å²) in [6.07, 6.45) is 2.93. The summed E-state index contributed by atoms with van der Waals surface area (Å²) in [5, 5.41) is 3.91. The van der Waals surface area contributed by atoms with E-state index in [2.05, 4.69) is 5.10 Å². The number of ether oxygens (including phenoxy) is 1. The summed E-state index contributed by atoms with van der Waals surface area (Å²) in [6, 6.07) is 3.08. The Morgan fingerprint density at radius 3 is 2.88 bits per heavy atom. The molecule has 0 N–H and O–H groups in total. The van der Waals surface area contributed by atoms with Crippen molar-refractivity contribution in [3.05, 3.63) is 47.8 Å². The van der Waals surface area contributed by atoms with Crippen LogP contribution in [-0.4, -0.2) is 46.3 Å². The van der Waals surface area contributed by atoms with Crippen LogP contribution in [0.15, 0.2) is 30.6 Å². The third-order valence-corrected chi connectivity index (χ3v) is 4.10. The van der Waals surface area contributed by atoms with Crippen molar-refractivity contribution in [1.29, 1.82) is 0 Å². The first-order chi connectivity index (χ1) is 12.0. The normalized spacial score (nSPS) is 17.2. The van der Waals surface area contributed by atoms with Gasteiger partial charge in [-0.1, -0.05) is 0 Å². The Morgan fingerprint density at radius 1 is 1.40 bits per heavy atom. The number of nitrogens with zero attached hydrogens (tertiary/aromatic N) is 3. The predicted octanol–water partition coefficient (Wildman–Crippen LogP) is 2.18. The topological polar surface area (TPSA) is 64.4 Å². The smallest absolute Gasteiger partial charge is 0.341 e. The number of carbonyl (C=O) groups is 2. The van der Waals surface area contributed by atoms with Crippen molar-refractivity contribution in [2.45, 2.75) is 13.3 Å². The number of hydrogen-bond donors (Lipinski definition) is 0. The average Bonchev–Trinajstić information content (AvgIpc) is 3.19. The molecule has 1 unspecified atom stereocenters. The van der Waals surface area contributed by atoms with Crippen molar-refractivity contribution in [3.63, 3.8) is 0 Å². The molecule has 2 aromatic rings. The molecule has 1 saturated heterocycles. The number of likely N-dealkylation sites (tertiary alicyclic amines) is 1. The molecule has 1 amide bonds. The van der Waals surface area contributed by atoms with E-state index in [0.29, 0.717) is 19.5 Å². The minimum Gasteiger partial charge on any atom is -0.462 e. The van der Waals surface area contributed by atoms with E-state index in [1.54, 1.807) is 4.90 Å². The van der Waals surface area contributed by atoms with Crippen LogP contribution >= 0.6 is 0 Å². The molecule has 2 heterocycles. The molecule has 3 rings (SSSR count). The highest BCUT2D eigenvalue weighted by molar-refractivity contribution is 5.89. The fourth-order valence-electron chi connectivity index (χ4n) is 2.78. The maximum atomic E-state index is 13.8. The van der Waals surface area contributed by atoms with Crippen LogP contribution in [0.3, 0.4) is 0 Å². The Hall–Kier alpha value is -2.77. The van der Waals surface area contributed by atoms with Crippen molar-refractivity contribution in [3.8, 4) is 5.69 Å². The van der Waals surface area contributed by atoms with Crippen molar-refractivity contribution >= 4 is 11.9 Å². The monoisotopic (exact) mass is 349 g/mol. The van der Waals surface area contributed by atoms with Crippen LogP contribution in [-0.2, 0) is 9.53 Å². The van der Waals surface area contributed by atoms with E-state index >= 15 is 0 Å². The lowest BCUT2D eigenvalue weighted by molar-refractivity contribution is -0.127. The largest absolute Gasteiger partial charge is 0.462 e. The second-order valence-corrected chi connectivity index (χ2v) is 5.87. The van der Waals surface area contributed by atoms with Gasteiger partial charge in [-0.2, -0.15) is 5.10 Å². The van der Waals surface area contributed by atoms with Crippen LogP contribution in [0.4, 0.5) is 8.78 Å². The number of rotatable bonds is 5. The van der Waals surface area contributed by atoms with Crippen LogP contribution in [0.2, 0.25) is 0 Å². The van der Waals surface area contributed by atoms with E-state index in [-0.39, 0.29) is 29.7 Å². The molecule has 0 spiro atoms. The minimum absolute atomic E-state index is 0.0269. The standard InChI is InChI=1S/C17H17F2N3O3/c1-2-21-8-11(5-16(21)23)10-25-17(24)12-7-20-22(9-12)15-4-3-13(18)6-14(15)19/h3-4,6-7,9,11H,2,5,8,10H2,1H3. The molecule has 8 heteroatoms. The van der Waals surface area contributed by atoms with Gasteiger partial charge in [0, 0.05) is 37.7 Å². The molecule has 0 saturated carbocycles. The molecule has 0 bridgehead atoms. The van der Waals surface area contributed by atoms with Gasteiger partial charge in [-0.15, -0.1) is 0 Å². The first kappa shape index (κ1) is 17.1. The number of amides is 1. The van der Waals surface area contributed by atoms with E-state index in [1.165, 1.54) is 18.5 Å².